The fourth-order valence-electron chi connectivity index (χ4n) is 2.01. The number of carbonyl (C=O) groups excluding carboxylic acids is 1. The lowest BCUT2D eigenvalue weighted by Crippen LogP contribution is -2.22. The number of anilines is 1. The third-order valence-electron chi connectivity index (χ3n) is 3.35. The summed E-state index contributed by atoms with van der Waals surface area (Å²) in [5.74, 6) is -0.0800. The van der Waals surface area contributed by atoms with Crippen molar-refractivity contribution >= 4 is 29.0 Å². The molecule has 0 amide bonds. The second-order valence-corrected chi connectivity index (χ2v) is 5.27. The van der Waals surface area contributed by atoms with E-state index in [0.29, 0.717) is 27.9 Å². The lowest BCUT2D eigenvalue weighted by Gasteiger charge is -2.11. The molecule has 0 unspecified atom stereocenters. The fourth-order valence-corrected chi connectivity index (χ4v) is 2.17. The molecular formula is C17H16ClN2O4-. The van der Waals surface area contributed by atoms with Gasteiger partial charge in [-0.2, -0.15) is 5.10 Å². The lowest BCUT2D eigenvalue weighted by atomic mass is 10.1. The quantitative estimate of drug-likeness (QED) is 0.641. The van der Waals surface area contributed by atoms with E-state index in [2.05, 4.69) is 10.5 Å². The van der Waals surface area contributed by atoms with Gasteiger partial charge in [0.2, 0.25) is 0 Å². The number of hydrogen-bond acceptors (Lipinski definition) is 6. The van der Waals surface area contributed by atoms with Crippen molar-refractivity contribution in [2.24, 2.45) is 5.10 Å². The van der Waals surface area contributed by atoms with E-state index in [9.17, 15) is 9.90 Å². The molecule has 0 aliphatic rings. The highest BCUT2D eigenvalue weighted by molar-refractivity contribution is 6.33. The highest BCUT2D eigenvalue weighted by Gasteiger charge is 2.07. The zero-order chi connectivity index (χ0) is 17.7. The maximum Gasteiger partial charge on any atom is 0.161 e. The molecule has 1 N–H and O–H groups in total. The second kappa shape index (κ2) is 7.70. The number of ether oxygens (including phenoxy) is 2. The molecule has 24 heavy (non-hydrogen) atoms. The molecule has 126 valence electrons. The van der Waals surface area contributed by atoms with Crippen LogP contribution in [0.5, 0.6) is 11.5 Å². The Morgan fingerprint density at radius 2 is 1.75 bits per heavy atom. The van der Waals surface area contributed by atoms with Crippen LogP contribution in [0.1, 0.15) is 22.8 Å². The van der Waals surface area contributed by atoms with Crippen LogP contribution < -0.4 is 20.0 Å². The van der Waals surface area contributed by atoms with Crippen molar-refractivity contribution < 1.29 is 19.4 Å². The summed E-state index contributed by atoms with van der Waals surface area (Å²) in [6.07, 6.45) is 0. The van der Waals surface area contributed by atoms with Crippen molar-refractivity contribution in [3.8, 4) is 11.5 Å². The molecule has 0 heterocycles. The number of carboxylic acid groups (broad SMARTS) is 1. The van der Waals surface area contributed by atoms with E-state index in [1.54, 1.807) is 33.3 Å². The number of nitrogens with one attached hydrogen (secondary N) is 1. The van der Waals surface area contributed by atoms with E-state index >= 15 is 0 Å². The summed E-state index contributed by atoms with van der Waals surface area (Å²) in [4.78, 5) is 10.9. The molecule has 2 aromatic rings. The normalized spacial score (nSPS) is 11.1. The Hall–Kier alpha value is -2.73. The third-order valence-corrected chi connectivity index (χ3v) is 3.68. The first-order valence-electron chi connectivity index (χ1n) is 7.00. The van der Waals surface area contributed by atoms with Crippen molar-refractivity contribution in [1.29, 1.82) is 0 Å². The minimum Gasteiger partial charge on any atom is -0.545 e. The number of nitrogens with zero attached hydrogens (tertiary/aromatic N) is 1. The number of halogens is 1. The standard InChI is InChI=1S/C17H17ClN2O4/c1-10(11-5-7-15(23-2)16(9-11)24-3)19-20-14-8-12(17(21)22)4-6-13(14)18/h4-9,20H,1-3H3,(H,21,22)/p-1/b19-10-. The average Bonchev–Trinajstić information content (AvgIpc) is 2.59. The zero-order valence-corrected chi connectivity index (χ0v) is 14.2. The summed E-state index contributed by atoms with van der Waals surface area (Å²) in [5.41, 5.74) is 4.62. The summed E-state index contributed by atoms with van der Waals surface area (Å²) in [6.45, 7) is 1.80. The second-order valence-electron chi connectivity index (χ2n) is 4.86. The van der Waals surface area contributed by atoms with Crippen LogP contribution in [0.15, 0.2) is 41.5 Å². The van der Waals surface area contributed by atoms with Gasteiger partial charge in [0.05, 0.1) is 36.6 Å². The van der Waals surface area contributed by atoms with Crippen LogP contribution in [0.3, 0.4) is 0 Å². The number of methoxy groups -OCH3 is 2. The number of hydrazone groups is 1. The Kier molecular flexibility index (Phi) is 5.65. The highest BCUT2D eigenvalue weighted by atomic mass is 35.5. The van der Waals surface area contributed by atoms with Gasteiger partial charge in [0.25, 0.3) is 0 Å². The summed E-state index contributed by atoms with van der Waals surface area (Å²) in [5, 5.41) is 15.5. The first kappa shape index (κ1) is 17.6. The van der Waals surface area contributed by atoms with Crippen molar-refractivity contribution in [3.63, 3.8) is 0 Å². The summed E-state index contributed by atoms with van der Waals surface area (Å²) >= 11 is 6.04. The molecule has 0 aromatic heterocycles. The molecule has 2 aromatic carbocycles. The molecular weight excluding hydrogens is 332 g/mol. The Labute approximate surface area is 144 Å². The summed E-state index contributed by atoms with van der Waals surface area (Å²) in [7, 11) is 3.11. The first-order valence-corrected chi connectivity index (χ1v) is 7.37. The van der Waals surface area contributed by atoms with Gasteiger partial charge in [-0.15, -0.1) is 0 Å². The van der Waals surface area contributed by atoms with Gasteiger partial charge < -0.3 is 19.4 Å². The number of rotatable bonds is 6. The fraction of sp³-hybridized carbons (Fsp3) is 0.176. The van der Waals surface area contributed by atoms with Gasteiger partial charge in [0, 0.05) is 5.56 Å². The first-order chi connectivity index (χ1) is 11.5. The number of hydrogen-bond donors (Lipinski definition) is 1. The van der Waals surface area contributed by atoms with Crippen LogP contribution >= 0.6 is 11.6 Å². The molecule has 0 atom stereocenters. The average molecular weight is 348 g/mol. The van der Waals surface area contributed by atoms with E-state index in [4.69, 9.17) is 21.1 Å². The van der Waals surface area contributed by atoms with E-state index in [0.717, 1.165) is 5.56 Å². The molecule has 2 rings (SSSR count). The Morgan fingerprint density at radius 3 is 2.38 bits per heavy atom. The van der Waals surface area contributed by atoms with Crippen molar-refractivity contribution in [3.05, 3.63) is 52.5 Å². The summed E-state index contributed by atoms with van der Waals surface area (Å²) in [6, 6.07) is 9.60. The van der Waals surface area contributed by atoms with Gasteiger partial charge in [0.15, 0.2) is 11.5 Å². The molecule has 0 bridgehead atoms. The van der Waals surface area contributed by atoms with Crippen molar-refractivity contribution in [2.45, 2.75) is 6.92 Å². The van der Waals surface area contributed by atoms with Crippen LogP contribution in [-0.2, 0) is 0 Å². The zero-order valence-electron chi connectivity index (χ0n) is 13.4. The molecule has 0 spiro atoms. The maximum absolute atomic E-state index is 10.9. The third kappa shape index (κ3) is 3.97. The van der Waals surface area contributed by atoms with E-state index in [1.807, 2.05) is 6.07 Å². The van der Waals surface area contributed by atoms with Crippen LogP contribution in [0.25, 0.3) is 0 Å². The molecule has 0 saturated carbocycles. The molecule has 6 nitrogen and oxygen atoms in total. The van der Waals surface area contributed by atoms with E-state index < -0.39 is 5.97 Å². The SMILES string of the molecule is COc1ccc(/C(C)=N\Nc2cc(C(=O)[O-])ccc2Cl)cc1OC. The molecule has 0 aliphatic carbocycles. The molecule has 7 heteroatoms. The molecule has 0 radical (unpaired) electrons. The Bertz CT molecular complexity index is 790. The van der Waals surface area contributed by atoms with Gasteiger partial charge in [-0.25, -0.2) is 0 Å². The van der Waals surface area contributed by atoms with Crippen LogP contribution in [0.2, 0.25) is 5.02 Å². The van der Waals surface area contributed by atoms with Gasteiger partial charge in [0.1, 0.15) is 0 Å². The molecule has 0 aliphatic heterocycles. The van der Waals surface area contributed by atoms with Crippen LogP contribution in [-0.4, -0.2) is 25.9 Å². The Balaban J connectivity index is 2.26. The van der Waals surface area contributed by atoms with Crippen molar-refractivity contribution in [2.75, 3.05) is 19.6 Å². The molecule has 0 fully saturated rings. The number of aromatic carboxylic acids is 1. The van der Waals surface area contributed by atoms with E-state index in [-0.39, 0.29) is 5.56 Å². The Morgan fingerprint density at radius 1 is 1.08 bits per heavy atom. The lowest BCUT2D eigenvalue weighted by molar-refractivity contribution is -0.255. The van der Waals surface area contributed by atoms with Crippen LogP contribution in [0, 0.1) is 0 Å². The number of carbonyl (C=O) groups is 1. The predicted octanol–water partition coefficient (Wildman–Crippen LogP) is 2.56. The van der Waals surface area contributed by atoms with Gasteiger partial charge >= 0.3 is 0 Å². The minimum absolute atomic E-state index is 0.0147. The largest absolute Gasteiger partial charge is 0.545 e. The monoisotopic (exact) mass is 347 g/mol. The molecule has 0 saturated heterocycles. The summed E-state index contributed by atoms with van der Waals surface area (Å²) < 4.78 is 10.4. The minimum atomic E-state index is -1.28. The van der Waals surface area contributed by atoms with Gasteiger partial charge in [-0.05, 0) is 42.8 Å². The van der Waals surface area contributed by atoms with Crippen molar-refractivity contribution in [1.82, 2.24) is 0 Å². The highest BCUT2D eigenvalue weighted by Crippen LogP contribution is 2.28. The van der Waals surface area contributed by atoms with E-state index in [1.165, 1.54) is 18.2 Å². The topological polar surface area (TPSA) is 83.0 Å². The van der Waals surface area contributed by atoms with Gasteiger partial charge in [-0.1, -0.05) is 17.7 Å². The predicted molar refractivity (Wildman–Crippen MR) is 91.2 cm³/mol. The smallest absolute Gasteiger partial charge is 0.161 e. The number of carboxylic acids is 1. The number of benzene rings is 2. The van der Waals surface area contributed by atoms with Crippen LogP contribution in [0.4, 0.5) is 5.69 Å². The maximum atomic E-state index is 10.9. The van der Waals surface area contributed by atoms with Gasteiger partial charge in [-0.3, -0.25) is 5.43 Å².